The van der Waals surface area contributed by atoms with Crippen molar-refractivity contribution in [3.05, 3.63) is 38.7 Å². The van der Waals surface area contributed by atoms with E-state index in [1.54, 1.807) is 0 Å². The Bertz CT molecular complexity index is 678. The van der Waals surface area contributed by atoms with Gasteiger partial charge in [0.1, 0.15) is 11.3 Å². The van der Waals surface area contributed by atoms with Crippen molar-refractivity contribution in [1.82, 2.24) is 0 Å². The fraction of sp³-hybridized carbons (Fsp3) is 0.400. The molecule has 0 unspecified atom stereocenters. The Kier molecular flexibility index (Phi) is 2.93. The first-order valence-corrected chi connectivity index (χ1v) is 6.11. The minimum atomic E-state index is -0.287. The normalized spacial score (nSPS) is 11.4. The van der Waals surface area contributed by atoms with E-state index < -0.39 is 0 Å². The second-order valence-corrected chi connectivity index (χ2v) is 5.11. The average Bonchev–Trinajstić information content (AvgIpc) is 2.33. The minimum Gasteiger partial charge on any atom is -0.507 e. The van der Waals surface area contributed by atoms with Gasteiger partial charge in [0.15, 0.2) is 0 Å². The molecule has 2 rings (SSSR count). The highest BCUT2D eigenvalue weighted by molar-refractivity contribution is 5.87. The Morgan fingerprint density at radius 1 is 1.11 bits per heavy atom. The number of hydrogen-bond acceptors (Lipinski definition) is 3. The van der Waals surface area contributed by atoms with Crippen LogP contribution in [0.2, 0.25) is 0 Å². The molecule has 0 amide bonds. The molecule has 0 aliphatic heterocycles. The summed E-state index contributed by atoms with van der Waals surface area (Å²) in [4.78, 5) is 11.9. The van der Waals surface area contributed by atoms with E-state index in [4.69, 9.17) is 4.42 Å². The number of aryl methyl sites for hydroxylation is 2. The standard InChI is InChI=1S/C15H18O3/c1-7(2)11-6-12-10(5)13(16)8(3)9(4)14(12)18-15(11)17/h6-7,16H,1-5H3. The van der Waals surface area contributed by atoms with Gasteiger partial charge in [0.2, 0.25) is 0 Å². The molecule has 0 bridgehead atoms. The lowest BCUT2D eigenvalue weighted by Gasteiger charge is -2.13. The van der Waals surface area contributed by atoms with Gasteiger partial charge in [-0.3, -0.25) is 0 Å². The van der Waals surface area contributed by atoms with Crippen LogP contribution in [0.1, 0.15) is 42.0 Å². The number of phenols is 1. The van der Waals surface area contributed by atoms with Crippen LogP contribution >= 0.6 is 0 Å². The number of fused-ring (bicyclic) bond motifs is 1. The summed E-state index contributed by atoms with van der Waals surface area (Å²) in [6.45, 7) is 9.43. The number of phenolic OH excluding ortho intramolecular Hbond substituents is 1. The van der Waals surface area contributed by atoms with Crippen molar-refractivity contribution in [3.8, 4) is 5.75 Å². The molecule has 2 aromatic rings. The maximum Gasteiger partial charge on any atom is 0.339 e. The molecule has 0 fully saturated rings. The summed E-state index contributed by atoms with van der Waals surface area (Å²) < 4.78 is 5.43. The highest BCUT2D eigenvalue weighted by Crippen LogP contribution is 2.34. The molecule has 1 aromatic carbocycles. The van der Waals surface area contributed by atoms with Crippen LogP contribution in [0.25, 0.3) is 11.0 Å². The SMILES string of the molecule is Cc1c(O)c(C)c2cc(C(C)C)c(=O)oc2c1C. The molecule has 0 radical (unpaired) electrons. The van der Waals surface area contributed by atoms with Gasteiger partial charge in [0, 0.05) is 16.5 Å². The van der Waals surface area contributed by atoms with E-state index in [-0.39, 0.29) is 17.3 Å². The molecule has 96 valence electrons. The van der Waals surface area contributed by atoms with E-state index in [2.05, 4.69) is 0 Å². The van der Waals surface area contributed by atoms with Crippen LogP contribution in [-0.2, 0) is 0 Å². The largest absolute Gasteiger partial charge is 0.507 e. The fourth-order valence-electron chi connectivity index (χ4n) is 2.20. The van der Waals surface area contributed by atoms with Crippen molar-refractivity contribution >= 4 is 11.0 Å². The third-order valence-corrected chi connectivity index (χ3v) is 3.61. The molecule has 1 aromatic heterocycles. The van der Waals surface area contributed by atoms with Gasteiger partial charge in [0.05, 0.1) is 0 Å². The molecule has 1 N–H and O–H groups in total. The summed E-state index contributed by atoms with van der Waals surface area (Å²) >= 11 is 0. The summed E-state index contributed by atoms with van der Waals surface area (Å²) in [5.74, 6) is 0.386. The first-order chi connectivity index (χ1) is 8.34. The predicted molar refractivity (Wildman–Crippen MR) is 72.4 cm³/mol. The maximum atomic E-state index is 11.9. The monoisotopic (exact) mass is 246 g/mol. The molecule has 1 heterocycles. The molecule has 3 nitrogen and oxygen atoms in total. The molecule has 0 aliphatic rings. The molecule has 0 spiro atoms. The fourth-order valence-corrected chi connectivity index (χ4v) is 2.20. The van der Waals surface area contributed by atoms with Gasteiger partial charge in [-0.1, -0.05) is 13.8 Å². The zero-order valence-electron chi connectivity index (χ0n) is 11.4. The molecule has 18 heavy (non-hydrogen) atoms. The van der Waals surface area contributed by atoms with E-state index in [0.29, 0.717) is 11.1 Å². The first kappa shape index (κ1) is 12.7. The van der Waals surface area contributed by atoms with Crippen LogP contribution in [0.15, 0.2) is 15.3 Å². The van der Waals surface area contributed by atoms with Crippen molar-refractivity contribution in [2.45, 2.75) is 40.5 Å². The van der Waals surface area contributed by atoms with Gasteiger partial charge in [-0.2, -0.15) is 0 Å². The molecular formula is C15H18O3. The first-order valence-electron chi connectivity index (χ1n) is 6.11. The van der Waals surface area contributed by atoms with Gasteiger partial charge < -0.3 is 9.52 Å². The van der Waals surface area contributed by atoms with E-state index in [9.17, 15) is 9.90 Å². The van der Waals surface area contributed by atoms with Crippen LogP contribution in [-0.4, -0.2) is 5.11 Å². The minimum absolute atomic E-state index is 0.105. The highest BCUT2D eigenvalue weighted by atomic mass is 16.4. The van der Waals surface area contributed by atoms with E-state index in [0.717, 1.165) is 22.1 Å². The molecular weight excluding hydrogens is 228 g/mol. The Morgan fingerprint density at radius 2 is 1.72 bits per heavy atom. The number of aromatic hydroxyl groups is 1. The Labute approximate surface area is 106 Å². The van der Waals surface area contributed by atoms with Crippen LogP contribution in [0, 0.1) is 20.8 Å². The van der Waals surface area contributed by atoms with Crippen molar-refractivity contribution in [2.75, 3.05) is 0 Å². The topological polar surface area (TPSA) is 50.4 Å². The van der Waals surface area contributed by atoms with Crippen LogP contribution < -0.4 is 5.63 Å². The van der Waals surface area contributed by atoms with Crippen molar-refractivity contribution < 1.29 is 9.52 Å². The van der Waals surface area contributed by atoms with E-state index in [1.165, 1.54) is 0 Å². The zero-order chi connectivity index (χ0) is 13.6. The van der Waals surface area contributed by atoms with Crippen molar-refractivity contribution in [1.29, 1.82) is 0 Å². The quantitative estimate of drug-likeness (QED) is 0.783. The van der Waals surface area contributed by atoms with E-state index in [1.807, 2.05) is 40.7 Å². The third kappa shape index (κ3) is 1.70. The molecule has 0 atom stereocenters. The number of hydrogen-bond donors (Lipinski definition) is 1. The molecule has 0 saturated carbocycles. The molecule has 3 heteroatoms. The number of benzene rings is 1. The lowest BCUT2D eigenvalue weighted by atomic mass is 9.97. The summed E-state index contributed by atoms with van der Waals surface area (Å²) in [7, 11) is 0. The second kappa shape index (κ2) is 4.16. The van der Waals surface area contributed by atoms with Crippen LogP contribution in [0.3, 0.4) is 0 Å². The van der Waals surface area contributed by atoms with Crippen LogP contribution in [0.5, 0.6) is 5.75 Å². The van der Waals surface area contributed by atoms with Gasteiger partial charge in [-0.25, -0.2) is 4.79 Å². The third-order valence-electron chi connectivity index (χ3n) is 3.61. The molecule has 0 aliphatic carbocycles. The van der Waals surface area contributed by atoms with Gasteiger partial charge in [-0.05, 0) is 43.9 Å². The number of rotatable bonds is 1. The zero-order valence-corrected chi connectivity index (χ0v) is 11.4. The van der Waals surface area contributed by atoms with Gasteiger partial charge in [0.25, 0.3) is 0 Å². The lowest BCUT2D eigenvalue weighted by Crippen LogP contribution is -2.09. The summed E-state index contributed by atoms with van der Waals surface area (Å²) in [5, 5.41) is 10.9. The Hall–Kier alpha value is -1.77. The lowest BCUT2D eigenvalue weighted by molar-refractivity contribution is 0.465. The van der Waals surface area contributed by atoms with Crippen molar-refractivity contribution in [2.24, 2.45) is 0 Å². The Balaban J connectivity index is 2.99. The Morgan fingerprint density at radius 3 is 2.28 bits per heavy atom. The van der Waals surface area contributed by atoms with Crippen LogP contribution in [0.4, 0.5) is 0 Å². The summed E-state index contributed by atoms with van der Waals surface area (Å²) in [5.41, 5.74) is 3.29. The molecule has 0 saturated heterocycles. The smallest absolute Gasteiger partial charge is 0.339 e. The summed E-state index contributed by atoms with van der Waals surface area (Å²) in [6.07, 6.45) is 0. The predicted octanol–water partition coefficient (Wildman–Crippen LogP) is 3.55. The van der Waals surface area contributed by atoms with E-state index >= 15 is 0 Å². The second-order valence-electron chi connectivity index (χ2n) is 5.11. The summed E-state index contributed by atoms with van der Waals surface area (Å²) in [6, 6.07) is 1.84. The van der Waals surface area contributed by atoms with Gasteiger partial charge in [-0.15, -0.1) is 0 Å². The van der Waals surface area contributed by atoms with Crippen molar-refractivity contribution in [3.63, 3.8) is 0 Å². The van der Waals surface area contributed by atoms with Gasteiger partial charge >= 0.3 is 5.63 Å². The highest BCUT2D eigenvalue weighted by Gasteiger charge is 2.16. The maximum absolute atomic E-state index is 11.9. The average molecular weight is 246 g/mol.